The van der Waals surface area contributed by atoms with Gasteiger partial charge in [-0.3, -0.25) is 9.59 Å². The van der Waals surface area contributed by atoms with E-state index in [0.29, 0.717) is 25.5 Å². The van der Waals surface area contributed by atoms with Crippen LogP contribution in [-0.2, 0) is 16.2 Å². The molecule has 3 rings (SSSR count). The van der Waals surface area contributed by atoms with Crippen molar-refractivity contribution >= 4 is 17.5 Å². The number of carbonyl (C=O) groups excluding carboxylic acids is 2. The summed E-state index contributed by atoms with van der Waals surface area (Å²) in [6.07, 6.45) is 2.79. The Morgan fingerprint density at radius 2 is 1.75 bits per heavy atom. The number of hydrogen-bond donors (Lipinski definition) is 1. The minimum absolute atomic E-state index is 0.125. The second-order valence-corrected chi connectivity index (χ2v) is 8.51. The highest BCUT2D eigenvalue weighted by Crippen LogP contribution is 2.26. The van der Waals surface area contributed by atoms with Crippen LogP contribution in [0.15, 0.2) is 54.6 Å². The first-order valence-corrected chi connectivity index (χ1v) is 11.6. The van der Waals surface area contributed by atoms with E-state index in [4.69, 9.17) is 10.5 Å². The van der Waals surface area contributed by atoms with Crippen molar-refractivity contribution in [3.8, 4) is 5.75 Å². The highest BCUT2D eigenvalue weighted by molar-refractivity contribution is 5.79. The van der Waals surface area contributed by atoms with E-state index in [0.717, 1.165) is 43.8 Å². The molecule has 1 unspecified atom stereocenters. The van der Waals surface area contributed by atoms with E-state index in [1.54, 1.807) is 6.92 Å². The monoisotopic (exact) mass is 437 g/mol. The predicted molar refractivity (Wildman–Crippen MR) is 127 cm³/mol. The van der Waals surface area contributed by atoms with Crippen LogP contribution < -0.4 is 15.4 Å². The molecular formula is C26H35N3O3. The van der Waals surface area contributed by atoms with Crippen LogP contribution in [0.1, 0.15) is 45.1 Å². The highest BCUT2D eigenvalue weighted by Gasteiger charge is 2.26. The fraction of sp³-hybridized carbons (Fsp3) is 0.462. The minimum atomic E-state index is -0.341. The molecule has 2 amide bonds. The molecule has 1 fully saturated rings. The van der Waals surface area contributed by atoms with E-state index in [2.05, 4.69) is 36.1 Å². The maximum Gasteiger partial charge on any atom is 0.222 e. The Bertz CT molecular complexity index is 862. The summed E-state index contributed by atoms with van der Waals surface area (Å²) in [5, 5.41) is 0. The molecule has 2 aromatic carbocycles. The van der Waals surface area contributed by atoms with Crippen molar-refractivity contribution in [3.63, 3.8) is 0 Å². The Hall–Kier alpha value is -3.02. The Kier molecular flexibility index (Phi) is 8.54. The number of nitrogens with two attached hydrogens (primary N) is 1. The van der Waals surface area contributed by atoms with Crippen LogP contribution in [0.3, 0.4) is 0 Å². The Morgan fingerprint density at radius 1 is 1.09 bits per heavy atom. The van der Waals surface area contributed by atoms with Gasteiger partial charge in [-0.2, -0.15) is 0 Å². The van der Waals surface area contributed by atoms with Crippen LogP contribution in [0.5, 0.6) is 5.75 Å². The maximum absolute atomic E-state index is 12.5. The number of ether oxygens (including phenoxy) is 1. The molecule has 6 heteroatoms. The third-order valence-corrected chi connectivity index (χ3v) is 6.29. The summed E-state index contributed by atoms with van der Waals surface area (Å²) in [5.41, 5.74) is 7.63. The summed E-state index contributed by atoms with van der Waals surface area (Å²) in [7, 11) is 0. The van der Waals surface area contributed by atoms with Crippen molar-refractivity contribution in [2.45, 2.75) is 52.2 Å². The zero-order valence-electron chi connectivity index (χ0n) is 19.2. The lowest BCUT2D eigenvalue weighted by atomic mass is 10.0. The fourth-order valence-electron chi connectivity index (χ4n) is 4.19. The molecule has 172 valence electrons. The first-order valence-electron chi connectivity index (χ1n) is 11.6. The quantitative estimate of drug-likeness (QED) is 0.610. The number of anilines is 1. The third kappa shape index (κ3) is 6.49. The smallest absolute Gasteiger partial charge is 0.222 e. The second kappa shape index (κ2) is 11.6. The summed E-state index contributed by atoms with van der Waals surface area (Å²) in [6.45, 7) is 6.93. The summed E-state index contributed by atoms with van der Waals surface area (Å²) in [4.78, 5) is 28.0. The molecule has 1 aliphatic heterocycles. The Morgan fingerprint density at radius 3 is 2.34 bits per heavy atom. The number of rotatable bonds is 10. The van der Waals surface area contributed by atoms with E-state index in [1.165, 1.54) is 5.69 Å². The molecule has 1 heterocycles. The maximum atomic E-state index is 12.5. The van der Waals surface area contributed by atoms with E-state index in [1.807, 2.05) is 35.2 Å². The number of nitrogens with zero attached hydrogens (tertiary/aromatic N) is 2. The zero-order chi connectivity index (χ0) is 22.9. The summed E-state index contributed by atoms with van der Waals surface area (Å²) in [5.74, 6) is 0.386. The minimum Gasteiger partial charge on any atom is -0.489 e. The molecule has 2 N–H and O–H groups in total. The fourth-order valence-corrected chi connectivity index (χ4v) is 4.19. The Labute approximate surface area is 191 Å². The second-order valence-electron chi connectivity index (χ2n) is 8.51. The lowest BCUT2D eigenvalue weighted by Gasteiger charge is -2.39. The molecule has 1 aliphatic rings. The predicted octanol–water partition coefficient (Wildman–Crippen LogP) is 3.98. The van der Waals surface area contributed by atoms with Gasteiger partial charge in [-0.25, -0.2) is 0 Å². The summed E-state index contributed by atoms with van der Waals surface area (Å²) in [6, 6.07) is 18.8. The van der Waals surface area contributed by atoms with Gasteiger partial charge in [-0.1, -0.05) is 37.3 Å². The molecule has 0 spiro atoms. The van der Waals surface area contributed by atoms with E-state index in [-0.39, 0.29) is 17.7 Å². The molecule has 0 aromatic heterocycles. The number of carbonyl (C=O) groups is 2. The van der Waals surface area contributed by atoms with Crippen LogP contribution in [0.25, 0.3) is 0 Å². The number of benzene rings is 2. The van der Waals surface area contributed by atoms with Gasteiger partial charge in [0.25, 0.3) is 0 Å². The number of amides is 2. The summed E-state index contributed by atoms with van der Waals surface area (Å²) < 4.78 is 5.91. The van der Waals surface area contributed by atoms with Gasteiger partial charge in [0, 0.05) is 43.7 Å². The van der Waals surface area contributed by atoms with Crippen molar-refractivity contribution in [2.24, 2.45) is 11.7 Å². The molecular weight excluding hydrogens is 402 g/mol. The van der Waals surface area contributed by atoms with E-state index in [9.17, 15) is 9.59 Å². The lowest BCUT2D eigenvalue weighted by molar-refractivity contribution is -0.132. The Balaban J connectivity index is 1.49. The zero-order valence-corrected chi connectivity index (χ0v) is 19.2. The number of piperidine rings is 1. The first kappa shape index (κ1) is 23.6. The summed E-state index contributed by atoms with van der Waals surface area (Å²) >= 11 is 0. The molecule has 6 nitrogen and oxygen atoms in total. The highest BCUT2D eigenvalue weighted by atomic mass is 16.5. The largest absolute Gasteiger partial charge is 0.489 e. The third-order valence-electron chi connectivity index (χ3n) is 6.29. The standard InChI is InChI=1S/C26H35N3O3/c1-3-29(22-10-12-24(13-11-22)32-19-21-7-5-4-6-8-21)23-15-17-28(18-16-23)25(30)14-9-20(2)26(27)31/h4-8,10-13,20,23H,3,9,14-19H2,1-2H3,(H2,27,31). The topological polar surface area (TPSA) is 75.9 Å². The van der Waals surface area contributed by atoms with E-state index < -0.39 is 0 Å². The van der Waals surface area contributed by atoms with Crippen LogP contribution >= 0.6 is 0 Å². The first-order chi connectivity index (χ1) is 15.5. The molecule has 1 saturated heterocycles. The van der Waals surface area contributed by atoms with Crippen molar-refractivity contribution in [1.29, 1.82) is 0 Å². The molecule has 2 aromatic rings. The van der Waals surface area contributed by atoms with Crippen molar-refractivity contribution in [2.75, 3.05) is 24.5 Å². The van der Waals surface area contributed by atoms with Gasteiger partial charge < -0.3 is 20.3 Å². The van der Waals surface area contributed by atoms with Gasteiger partial charge in [0.1, 0.15) is 12.4 Å². The van der Waals surface area contributed by atoms with Gasteiger partial charge in [-0.05, 0) is 56.0 Å². The van der Waals surface area contributed by atoms with Gasteiger partial charge in [0.15, 0.2) is 0 Å². The molecule has 0 bridgehead atoms. The average molecular weight is 438 g/mol. The van der Waals surface area contributed by atoms with Gasteiger partial charge in [0.05, 0.1) is 0 Å². The molecule has 0 saturated carbocycles. The van der Waals surface area contributed by atoms with Crippen molar-refractivity contribution in [3.05, 3.63) is 60.2 Å². The lowest BCUT2D eigenvalue weighted by Crippen LogP contribution is -2.47. The van der Waals surface area contributed by atoms with Crippen molar-refractivity contribution < 1.29 is 14.3 Å². The van der Waals surface area contributed by atoms with Crippen LogP contribution in [0.4, 0.5) is 5.69 Å². The van der Waals surface area contributed by atoms with Crippen LogP contribution in [0.2, 0.25) is 0 Å². The normalized spacial score (nSPS) is 15.2. The number of hydrogen-bond acceptors (Lipinski definition) is 4. The average Bonchev–Trinajstić information content (AvgIpc) is 2.83. The molecule has 1 atom stereocenters. The molecule has 0 aliphatic carbocycles. The van der Waals surface area contributed by atoms with Gasteiger partial charge in [-0.15, -0.1) is 0 Å². The molecule has 0 radical (unpaired) electrons. The molecule has 32 heavy (non-hydrogen) atoms. The van der Waals surface area contributed by atoms with Gasteiger partial charge in [0.2, 0.25) is 11.8 Å². The number of likely N-dealkylation sites (tertiary alicyclic amines) is 1. The van der Waals surface area contributed by atoms with E-state index >= 15 is 0 Å². The van der Waals surface area contributed by atoms with Crippen molar-refractivity contribution in [1.82, 2.24) is 4.90 Å². The SMILES string of the molecule is CCN(c1ccc(OCc2ccccc2)cc1)C1CCN(C(=O)CCC(C)C(N)=O)CC1. The number of primary amides is 1. The van der Waals surface area contributed by atoms with Crippen LogP contribution in [-0.4, -0.2) is 42.4 Å². The van der Waals surface area contributed by atoms with Crippen LogP contribution in [0, 0.1) is 5.92 Å². The van der Waals surface area contributed by atoms with Gasteiger partial charge >= 0.3 is 0 Å².